The summed E-state index contributed by atoms with van der Waals surface area (Å²) in [6.45, 7) is 8.47. The van der Waals surface area contributed by atoms with Crippen LogP contribution in [0.15, 0.2) is 66.9 Å². The zero-order valence-corrected chi connectivity index (χ0v) is 20.8. The fourth-order valence-electron chi connectivity index (χ4n) is 5.26. The van der Waals surface area contributed by atoms with Gasteiger partial charge in [-0.3, -0.25) is 4.90 Å². The van der Waals surface area contributed by atoms with Gasteiger partial charge in [0.2, 0.25) is 5.75 Å². The third-order valence-corrected chi connectivity index (χ3v) is 7.17. The first-order chi connectivity index (χ1) is 17.7. The number of nitrogens with one attached hydrogen (secondary N) is 1. The van der Waals surface area contributed by atoms with Crippen molar-refractivity contribution in [2.24, 2.45) is 0 Å². The fourth-order valence-corrected chi connectivity index (χ4v) is 5.26. The highest BCUT2D eigenvalue weighted by molar-refractivity contribution is 5.83. The number of piperazine rings is 1. The van der Waals surface area contributed by atoms with Crippen LogP contribution in [0.2, 0.25) is 0 Å². The lowest BCUT2D eigenvalue weighted by Crippen LogP contribution is -2.46. The Bertz CT molecular complexity index is 1340. The summed E-state index contributed by atoms with van der Waals surface area (Å²) in [7, 11) is 0. The van der Waals surface area contributed by atoms with Crippen molar-refractivity contribution < 1.29 is 14.2 Å². The van der Waals surface area contributed by atoms with E-state index < -0.39 is 0 Å². The molecule has 0 amide bonds. The minimum absolute atomic E-state index is 0.539. The first kappa shape index (κ1) is 22.8. The van der Waals surface area contributed by atoms with Gasteiger partial charge in [0.1, 0.15) is 13.2 Å². The van der Waals surface area contributed by atoms with Crippen molar-refractivity contribution in [1.82, 2.24) is 9.88 Å². The summed E-state index contributed by atoms with van der Waals surface area (Å²) in [5.41, 5.74) is 5.11. The predicted molar refractivity (Wildman–Crippen MR) is 144 cm³/mol. The molecule has 0 radical (unpaired) electrons. The minimum atomic E-state index is 0.539. The quantitative estimate of drug-likeness (QED) is 0.360. The third kappa shape index (κ3) is 4.73. The van der Waals surface area contributed by atoms with Crippen molar-refractivity contribution in [3.8, 4) is 23.0 Å². The van der Waals surface area contributed by atoms with E-state index in [0.717, 1.165) is 56.3 Å². The number of hydrogen-bond acceptors (Lipinski definition) is 5. The number of hydrogen-bond donors (Lipinski definition) is 1. The highest BCUT2D eigenvalue weighted by Crippen LogP contribution is 2.43. The van der Waals surface area contributed by atoms with Gasteiger partial charge >= 0.3 is 0 Å². The van der Waals surface area contributed by atoms with Crippen LogP contribution in [0.3, 0.4) is 0 Å². The molecule has 2 aliphatic rings. The summed E-state index contributed by atoms with van der Waals surface area (Å²) in [6, 6.07) is 20.7. The fraction of sp³-hybridized carbons (Fsp3) is 0.333. The molecule has 0 spiro atoms. The molecule has 1 fully saturated rings. The first-order valence-corrected chi connectivity index (χ1v) is 12.9. The van der Waals surface area contributed by atoms with Crippen LogP contribution in [0.25, 0.3) is 10.9 Å². The van der Waals surface area contributed by atoms with E-state index in [-0.39, 0.29) is 0 Å². The van der Waals surface area contributed by atoms with Crippen LogP contribution < -0.4 is 19.1 Å². The maximum absolute atomic E-state index is 6.37. The van der Waals surface area contributed by atoms with Crippen LogP contribution in [-0.4, -0.2) is 55.8 Å². The number of H-pyrrole nitrogens is 1. The summed E-state index contributed by atoms with van der Waals surface area (Å²) in [6.07, 6.45) is 4.45. The van der Waals surface area contributed by atoms with Gasteiger partial charge in [-0.1, -0.05) is 29.8 Å². The monoisotopic (exact) mass is 483 g/mol. The number of aryl methyl sites for hydroxylation is 2. The molecule has 0 saturated carbocycles. The Labute approximate surface area is 212 Å². The lowest BCUT2D eigenvalue weighted by Gasteiger charge is -2.36. The molecule has 2 aliphatic heterocycles. The van der Waals surface area contributed by atoms with Crippen molar-refractivity contribution in [1.29, 1.82) is 0 Å². The summed E-state index contributed by atoms with van der Waals surface area (Å²) in [4.78, 5) is 8.43. The second-order valence-electron chi connectivity index (χ2n) is 9.65. The molecule has 186 valence electrons. The standard InChI is InChI=1S/C30H33N3O3/c1-22-11-12-25-24(20-22)23(21-31-25)6-5-13-32-14-16-33(17-15-32)26-7-2-3-8-27(26)36-29-10-4-9-28-30(29)35-19-18-34-28/h2-4,7-12,20-21,31H,5-6,13-19H2,1H3. The summed E-state index contributed by atoms with van der Waals surface area (Å²) >= 11 is 0. The zero-order valence-electron chi connectivity index (χ0n) is 20.8. The predicted octanol–water partition coefficient (Wildman–Crippen LogP) is 5.79. The lowest BCUT2D eigenvalue weighted by molar-refractivity contribution is 0.166. The number of anilines is 1. The molecular formula is C30H33N3O3. The van der Waals surface area contributed by atoms with E-state index in [1.54, 1.807) is 0 Å². The van der Waals surface area contributed by atoms with E-state index >= 15 is 0 Å². The molecule has 6 rings (SSSR count). The van der Waals surface area contributed by atoms with Gasteiger partial charge in [-0.15, -0.1) is 0 Å². The van der Waals surface area contributed by atoms with Crippen molar-refractivity contribution in [3.63, 3.8) is 0 Å². The van der Waals surface area contributed by atoms with Crippen LogP contribution in [0.4, 0.5) is 5.69 Å². The summed E-state index contributed by atoms with van der Waals surface area (Å²) in [5.74, 6) is 2.98. The van der Waals surface area contributed by atoms with Gasteiger partial charge in [-0.2, -0.15) is 0 Å². The van der Waals surface area contributed by atoms with E-state index in [0.29, 0.717) is 24.7 Å². The largest absolute Gasteiger partial charge is 0.486 e. The van der Waals surface area contributed by atoms with Crippen LogP contribution >= 0.6 is 0 Å². The molecule has 1 saturated heterocycles. The van der Waals surface area contributed by atoms with Crippen LogP contribution in [0.1, 0.15) is 17.5 Å². The molecule has 3 heterocycles. The maximum atomic E-state index is 6.37. The van der Waals surface area contributed by atoms with Gasteiger partial charge < -0.3 is 24.1 Å². The van der Waals surface area contributed by atoms with Gasteiger partial charge in [0, 0.05) is 43.3 Å². The highest BCUT2D eigenvalue weighted by Gasteiger charge is 2.22. The van der Waals surface area contributed by atoms with Gasteiger partial charge in [-0.25, -0.2) is 0 Å². The molecule has 6 heteroatoms. The second kappa shape index (κ2) is 10.2. The number of aromatic nitrogens is 1. The smallest absolute Gasteiger partial charge is 0.204 e. The second-order valence-corrected chi connectivity index (χ2v) is 9.65. The van der Waals surface area contributed by atoms with Crippen molar-refractivity contribution in [3.05, 3.63) is 78.0 Å². The van der Waals surface area contributed by atoms with Crippen LogP contribution in [-0.2, 0) is 6.42 Å². The molecular weight excluding hydrogens is 450 g/mol. The van der Waals surface area contributed by atoms with E-state index in [1.165, 1.54) is 28.5 Å². The molecule has 3 aromatic carbocycles. The first-order valence-electron chi connectivity index (χ1n) is 12.9. The lowest BCUT2D eigenvalue weighted by atomic mass is 10.1. The number of fused-ring (bicyclic) bond motifs is 2. The normalized spacial score (nSPS) is 15.9. The van der Waals surface area contributed by atoms with E-state index in [2.05, 4.69) is 58.2 Å². The average Bonchev–Trinajstić information content (AvgIpc) is 3.32. The number of rotatable bonds is 7. The SMILES string of the molecule is Cc1ccc2[nH]cc(CCCN3CCN(c4ccccc4Oc4cccc5c4OCCO5)CC3)c2c1. The van der Waals surface area contributed by atoms with Gasteiger partial charge in [0.05, 0.1) is 5.69 Å². The number of para-hydroxylation sites is 3. The van der Waals surface area contributed by atoms with Crippen molar-refractivity contribution in [2.45, 2.75) is 19.8 Å². The Morgan fingerprint density at radius 1 is 0.889 bits per heavy atom. The van der Waals surface area contributed by atoms with Gasteiger partial charge in [0.25, 0.3) is 0 Å². The Morgan fingerprint density at radius 3 is 2.64 bits per heavy atom. The third-order valence-electron chi connectivity index (χ3n) is 7.17. The minimum Gasteiger partial charge on any atom is -0.486 e. The van der Waals surface area contributed by atoms with E-state index in [4.69, 9.17) is 14.2 Å². The van der Waals surface area contributed by atoms with Crippen LogP contribution in [0, 0.1) is 6.92 Å². The van der Waals surface area contributed by atoms with E-state index in [9.17, 15) is 0 Å². The Kier molecular flexibility index (Phi) is 6.43. The Balaban J connectivity index is 1.06. The Morgan fingerprint density at radius 2 is 1.72 bits per heavy atom. The molecule has 0 bridgehead atoms. The maximum Gasteiger partial charge on any atom is 0.204 e. The molecule has 0 aliphatic carbocycles. The average molecular weight is 484 g/mol. The zero-order chi connectivity index (χ0) is 24.3. The number of benzene rings is 3. The summed E-state index contributed by atoms with van der Waals surface area (Å²) < 4.78 is 17.9. The van der Waals surface area contributed by atoms with Crippen LogP contribution in [0.5, 0.6) is 23.0 Å². The number of ether oxygens (including phenoxy) is 3. The summed E-state index contributed by atoms with van der Waals surface area (Å²) in [5, 5.41) is 1.37. The molecule has 4 aromatic rings. The molecule has 6 nitrogen and oxygen atoms in total. The molecule has 36 heavy (non-hydrogen) atoms. The van der Waals surface area contributed by atoms with Crippen molar-refractivity contribution >= 4 is 16.6 Å². The topological polar surface area (TPSA) is 50.0 Å². The van der Waals surface area contributed by atoms with E-state index in [1.807, 2.05) is 30.3 Å². The number of nitrogens with zero attached hydrogens (tertiary/aromatic N) is 2. The van der Waals surface area contributed by atoms with Gasteiger partial charge in [-0.05, 0) is 68.3 Å². The van der Waals surface area contributed by atoms with Gasteiger partial charge in [0.15, 0.2) is 17.2 Å². The molecule has 1 aromatic heterocycles. The molecule has 1 N–H and O–H groups in total. The molecule has 0 atom stereocenters. The number of aromatic amines is 1. The molecule has 0 unspecified atom stereocenters. The van der Waals surface area contributed by atoms with Crippen molar-refractivity contribution in [2.75, 3.05) is 50.8 Å². The highest BCUT2D eigenvalue weighted by atomic mass is 16.6. The Hall–Kier alpha value is -3.64.